The third-order valence-electron chi connectivity index (χ3n) is 13.3. The van der Waals surface area contributed by atoms with E-state index in [4.69, 9.17) is 5.26 Å². The molecule has 0 aromatic heterocycles. The van der Waals surface area contributed by atoms with Gasteiger partial charge in [-0.3, -0.25) is 9.59 Å². The number of hydrogen-bond donors (Lipinski definition) is 2. The van der Waals surface area contributed by atoms with Crippen LogP contribution in [0.2, 0.25) is 0 Å². The number of allylic oxidation sites excluding steroid dienone is 3. The number of fused-ring (bicyclic) bond motifs is 7. The van der Waals surface area contributed by atoms with E-state index in [9.17, 15) is 28.4 Å². The fraction of sp³-hybridized carbons (Fsp3) is 0.758. The van der Waals surface area contributed by atoms with Crippen LogP contribution >= 0.6 is 0 Å². The van der Waals surface area contributed by atoms with Crippen molar-refractivity contribution in [3.8, 4) is 12.1 Å². The first-order valence-corrected chi connectivity index (χ1v) is 16.9. The van der Waals surface area contributed by atoms with Crippen LogP contribution in [0.4, 0.5) is 0 Å². The minimum atomic E-state index is -3.97. The third-order valence-corrected chi connectivity index (χ3v) is 15.0. The number of carbonyl (C=O) groups is 2. The van der Waals surface area contributed by atoms with E-state index >= 15 is 0 Å². The Balaban J connectivity index is 1.63. The number of carbonyl (C=O) groups excluding carboxylic acids is 2. The van der Waals surface area contributed by atoms with E-state index in [1.807, 2.05) is 40.7 Å². The van der Waals surface area contributed by atoms with Gasteiger partial charge in [-0.25, -0.2) is 0 Å². The van der Waals surface area contributed by atoms with Crippen molar-refractivity contribution in [3.05, 3.63) is 23.3 Å². The highest BCUT2D eigenvalue weighted by atomic mass is 32.2. The van der Waals surface area contributed by atoms with E-state index in [1.54, 1.807) is 12.2 Å². The summed E-state index contributed by atoms with van der Waals surface area (Å²) in [4.78, 5) is 27.8. The summed E-state index contributed by atoms with van der Waals surface area (Å²) in [5.41, 5.74) is -4.97. The van der Waals surface area contributed by atoms with Crippen LogP contribution < -0.4 is 4.72 Å². The molecule has 3 saturated carbocycles. The summed E-state index contributed by atoms with van der Waals surface area (Å²) in [6.07, 6.45) is 7.69. The van der Waals surface area contributed by atoms with Crippen molar-refractivity contribution in [2.24, 2.45) is 38.9 Å². The number of nitriles is 2. The minimum absolute atomic E-state index is 0.0989. The molecule has 5 rings (SSSR count). The zero-order valence-electron chi connectivity index (χ0n) is 26.8. The molecule has 0 aromatic carbocycles. The Morgan fingerprint density at radius 2 is 1.63 bits per heavy atom. The Bertz CT molecular complexity index is 1550. The highest BCUT2D eigenvalue weighted by Gasteiger charge is 2.75. The second-order valence-electron chi connectivity index (χ2n) is 15.9. The van der Waals surface area contributed by atoms with Crippen molar-refractivity contribution in [3.63, 3.8) is 0 Å². The van der Waals surface area contributed by atoms with Gasteiger partial charge in [-0.1, -0.05) is 47.6 Å². The molecule has 0 bridgehead atoms. The smallest absolute Gasteiger partial charge is 0.280 e. The maximum absolute atomic E-state index is 14.6. The van der Waals surface area contributed by atoms with Crippen LogP contribution in [0.25, 0.3) is 0 Å². The summed E-state index contributed by atoms with van der Waals surface area (Å²) in [6.45, 7) is 13.7. The standard InChI is InChI=1S/C33H46N4O5S/c1-27(2)22-9-10-31(6)23(30(22,5)18-21(20-35)26(27)39)17-25(38)33(40)24-19-29(4,36-43(41,42)37(8)16-15-34)13-11-28(24,3)12-14-32(31,33)7/h17-18,22,24,36,40H,9-14,16,19H2,1-8H3/t22-,24+,28+,29-,30-,31+,32-,33+/m0/s1. The van der Waals surface area contributed by atoms with Crippen molar-refractivity contribution in [1.29, 1.82) is 10.5 Å². The fourth-order valence-corrected chi connectivity index (χ4v) is 11.6. The molecule has 234 valence electrons. The van der Waals surface area contributed by atoms with Gasteiger partial charge in [0.05, 0.1) is 11.6 Å². The molecule has 5 aliphatic rings. The van der Waals surface area contributed by atoms with Crippen LogP contribution in [-0.4, -0.2) is 54.1 Å². The van der Waals surface area contributed by atoms with Crippen LogP contribution in [0.3, 0.4) is 0 Å². The maximum Gasteiger partial charge on any atom is 0.280 e. The van der Waals surface area contributed by atoms with Crippen LogP contribution in [0.15, 0.2) is 23.3 Å². The van der Waals surface area contributed by atoms with Crippen LogP contribution in [-0.2, 0) is 19.8 Å². The second kappa shape index (κ2) is 9.33. The van der Waals surface area contributed by atoms with E-state index in [1.165, 1.54) is 7.05 Å². The normalized spacial score (nSPS) is 45.4. The molecule has 0 aliphatic heterocycles. The third kappa shape index (κ3) is 3.99. The summed E-state index contributed by atoms with van der Waals surface area (Å²) in [5.74, 6) is -1.14. The molecule has 2 N–H and O–H groups in total. The van der Waals surface area contributed by atoms with Crippen molar-refractivity contribution >= 4 is 21.8 Å². The van der Waals surface area contributed by atoms with Gasteiger partial charge in [0.15, 0.2) is 11.6 Å². The average molecular weight is 611 g/mol. The lowest BCUT2D eigenvalue weighted by Crippen LogP contribution is -2.74. The summed E-state index contributed by atoms with van der Waals surface area (Å²) in [5, 5.41) is 32.0. The monoisotopic (exact) mass is 610 g/mol. The van der Waals surface area contributed by atoms with Gasteiger partial charge in [0, 0.05) is 34.7 Å². The Morgan fingerprint density at radius 1 is 1.00 bits per heavy atom. The Morgan fingerprint density at radius 3 is 2.23 bits per heavy atom. The Hall–Kier alpha value is -2.37. The highest BCUT2D eigenvalue weighted by molar-refractivity contribution is 7.87. The maximum atomic E-state index is 14.6. The number of ketones is 2. The molecule has 10 heteroatoms. The fourth-order valence-electron chi connectivity index (χ4n) is 10.4. The first-order chi connectivity index (χ1) is 19.6. The van der Waals surface area contributed by atoms with Crippen LogP contribution in [0.1, 0.15) is 93.4 Å². The number of nitrogens with one attached hydrogen (secondary N) is 1. The van der Waals surface area contributed by atoms with Gasteiger partial charge >= 0.3 is 0 Å². The van der Waals surface area contributed by atoms with E-state index in [2.05, 4.69) is 24.6 Å². The molecule has 5 aliphatic carbocycles. The summed E-state index contributed by atoms with van der Waals surface area (Å²) in [6, 6.07) is 3.99. The number of nitrogens with zero attached hydrogens (tertiary/aromatic N) is 3. The van der Waals surface area contributed by atoms with Crippen molar-refractivity contribution in [1.82, 2.24) is 9.03 Å². The molecular weight excluding hydrogens is 564 g/mol. The predicted octanol–water partition coefficient (Wildman–Crippen LogP) is 4.36. The molecule has 0 spiro atoms. The number of aliphatic hydroxyl groups is 1. The van der Waals surface area contributed by atoms with Crippen molar-refractivity contribution in [2.45, 2.75) is 105 Å². The summed E-state index contributed by atoms with van der Waals surface area (Å²) >= 11 is 0. The van der Waals surface area contributed by atoms with Crippen molar-refractivity contribution < 1.29 is 23.1 Å². The molecule has 9 nitrogen and oxygen atoms in total. The SMILES string of the molecule is CN(CC#N)S(=O)(=O)N[C@@]1(C)CC[C@]2(C)CC[C@@]3(C)[C@]4(C)CC[C@H]5C(C)(C)C(=O)C(C#N)=C[C@]5(C)C4=CC(=O)[C@]3(O)[C@@H]2C1. The summed E-state index contributed by atoms with van der Waals surface area (Å²) < 4.78 is 30.1. The second-order valence-corrected chi connectivity index (χ2v) is 17.7. The lowest BCUT2D eigenvalue weighted by Gasteiger charge is -2.71. The number of hydrogen-bond acceptors (Lipinski definition) is 7. The topological polar surface area (TPSA) is 151 Å². The van der Waals surface area contributed by atoms with Crippen molar-refractivity contribution in [2.75, 3.05) is 13.6 Å². The van der Waals surface area contributed by atoms with E-state index in [0.29, 0.717) is 32.1 Å². The molecular formula is C33H46N4O5S. The molecule has 0 unspecified atom stereocenters. The zero-order chi connectivity index (χ0) is 32.2. The first kappa shape index (κ1) is 32.0. The Labute approximate surface area is 256 Å². The van der Waals surface area contributed by atoms with Gasteiger partial charge in [0.1, 0.15) is 18.2 Å². The average Bonchev–Trinajstić information content (AvgIpc) is 2.91. The molecule has 0 saturated heterocycles. The largest absolute Gasteiger partial charge is 0.381 e. The van der Waals surface area contributed by atoms with Gasteiger partial charge < -0.3 is 5.11 Å². The molecule has 3 fully saturated rings. The van der Waals surface area contributed by atoms with E-state index < -0.39 is 48.9 Å². The van der Waals surface area contributed by atoms with Crippen LogP contribution in [0, 0.1) is 61.6 Å². The van der Waals surface area contributed by atoms with Gasteiger partial charge in [0.2, 0.25) is 0 Å². The quantitative estimate of drug-likeness (QED) is 0.449. The molecule has 8 atom stereocenters. The zero-order valence-corrected chi connectivity index (χ0v) is 27.6. The Kier molecular flexibility index (Phi) is 6.95. The lowest BCUT2D eigenvalue weighted by atomic mass is 9.33. The first-order valence-electron chi connectivity index (χ1n) is 15.4. The molecule has 43 heavy (non-hydrogen) atoms. The number of Topliss-reactive ketones (excluding diaryl/α,β-unsaturated/α-hetero) is 1. The van der Waals surface area contributed by atoms with E-state index in [-0.39, 0.29) is 41.4 Å². The highest BCUT2D eigenvalue weighted by Crippen LogP contribution is 2.75. The van der Waals surface area contributed by atoms with Crippen LogP contribution in [0.5, 0.6) is 0 Å². The molecule has 0 heterocycles. The molecule has 0 amide bonds. The van der Waals surface area contributed by atoms with Gasteiger partial charge in [-0.05, 0) is 80.3 Å². The molecule has 0 aromatic rings. The van der Waals surface area contributed by atoms with Gasteiger partial charge in [0.25, 0.3) is 10.2 Å². The molecule has 0 radical (unpaired) electrons. The van der Waals surface area contributed by atoms with Gasteiger partial charge in [-0.15, -0.1) is 0 Å². The van der Waals surface area contributed by atoms with Gasteiger partial charge in [-0.2, -0.15) is 28.0 Å². The predicted molar refractivity (Wildman–Crippen MR) is 161 cm³/mol. The summed E-state index contributed by atoms with van der Waals surface area (Å²) in [7, 11) is -2.61. The minimum Gasteiger partial charge on any atom is -0.381 e. The van der Waals surface area contributed by atoms with E-state index in [0.717, 1.165) is 16.3 Å². The lowest BCUT2D eigenvalue weighted by molar-refractivity contribution is -0.239. The number of rotatable bonds is 4.